The highest BCUT2D eigenvalue weighted by Gasteiger charge is 2.26. The summed E-state index contributed by atoms with van der Waals surface area (Å²) >= 11 is 1.39. The van der Waals surface area contributed by atoms with E-state index >= 15 is 0 Å². The molecular formula is C12H20N2O4S. The van der Waals surface area contributed by atoms with E-state index in [1.165, 1.54) is 11.8 Å². The molecule has 1 atom stereocenters. The molecule has 7 heteroatoms. The van der Waals surface area contributed by atoms with Crippen LogP contribution in [0.25, 0.3) is 0 Å². The topological polar surface area (TPSA) is 67.9 Å². The fourth-order valence-electron chi connectivity index (χ4n) is 1.36. The molecule has 0 spiro atoms. The summed E-state index contributed by atoms with van der Waals surface area (Å²) in [7, 11) is 0. The maximum absolute atomic E-state index is 11.7. The van der Waals surface area contributed by atoms with Crippen molar-refractivity contribution in [2.24, 2.45) is 0 Å². The number of thioether (sulfide) groups is 1. The van der Waals surface area contributed by atoms with Gasteiger partial charge in [-0.1, -0.05) is 11.8 Å². The van der Waals surface area contributed by atoms with Gasteiger partial charge in [0.1, 0.15) is 12.1 Å². The van der Waals surface area contributed by atoms with Gasteiger partial charge in [0.25, 0.3) is 0 Å². The van der Waals surface area contributed by atoms with Crippen LogP contribution < -0.4 is 5.32 Å². The number of nitrogens with one attached hydrogen (secondary N) is 1. The Labute approximate surface area is 117 Å². The number of amides is 1. The Morgan fingerprint density at radius 3 is 2.68 bits per heavy atom. The summed E-state index contributed by atoms with van der Waals surface area (Å²) in [5, 5.41) is 4.50. The second-order valence-corrected chi connectivity index (χ2v) is 5.89. The van der Waals surface area contributed by atoms with E-state index in [-0.39, 0.29) is 18.0 Å². The lowest BCUT2D eigenvalue weighted by Gasteiger charge is -2.26. The Hall–Kier alpha value is -1.37. The van der Waals surface area contributed by atoms with Crippen molar-refractivity contribution >= 4 is 23.8 Å². The highest BCUT2D eigenvalue weighted by molar-refractivity contribution is 8.02. The molecule has 6 nitrogen and oxygen atoms in total. The number of ether oxygens (including phenoxy) is 2. The molecule has 0 aromatic rings. The summed E-state index contributed by atoms with van der Waals surface area (Å²) in [5.74, 6) is -0.328. The Morgan fingerprint density at radius 1 is 1.42 bits per heavy atom. The third-order valence-corrected chi connectivity index (χ3v) is 2.94. The molecule has 1 rings (SSSR count). The summed E-state index contributed by atoms with van der Waals surface area (Å²) in [5.41, 5.74) is -0.897. The number of hydrogen-bond acceptors (Lipinski definition) is 6. The normalized spacial score (nSPS) is 18.3. The van der Waals surface area contributed by atoms with Gasteiger partial charge in [-0.3, -0.25) is 10.1 Å². The van der Waals surface area contributed by atoms with Crippen LogP contribution in [0.3, 0.4) is 0 Å². The molecule has 1 amide bonds. The van der Waals surface area contributed by atoms with Gasteiger partial charge in [0.15, 0.2) is 5.50 Å². The maximum Gasteiger partial charge on any atom is 0.409 e. The van der Waals surface area contributed by atoms with Gasteiger partial charge >= 0.3 is 12.1 Å². The van der Waals surface area contributed by atoms with Crippen molar-refractivity contribution in [3.8, 4) is 0 Å². The van der Waals surface area contributed by atoms with Gasteiger partial charge in [0, 0.05) is 6.20 Å². The summed E-state index contributed by atoms with van der Waals surface area (Å²) in [4.78, 5) is 24.7. The summed E-state index contributed by atoms with van der Waals surface area (Å²) in [6.45, 7) is 7.57. The lowest BCUT2D eigenvalue weighted by atomic mass is 10.2. The second-order valence-electron chi connectivity index (χ2n) is 4.90. The van der Waals surface area contributed by atoms with E-state index in [0.717, 1.165) is 0 Å². The Kier molecular flexibility index (Phi) is 5.53. The average molecular weight is 288 g/mol. The molecule has 1 N–H and O–H groups in total. The molecule has 0 aliphatic carbocycles. The number of carbonyl (C=O) groups is 2. The van der Waals surface area contributed by atoms with E-state index in [1.54, 1.807) is 44.2 Å². The zero-order valence-corrected chi connectivity index (χ0v) is 12.5. The van der Waals surface area contributed by atoms with Crippen molar-refractivity contribution in [1.29, 1.82) is 0 Å². The van der Waals surface area contributed by atoms with Gasteiger partial charge in [0.2, 0.25) is 0 Å². The zero-order valence-electron chi connectivity index (χ0n) is 11.6. The van der Waals surface area contributed by atoms with E-state index in [2.05, 4.69) is 5.32 Å². The number of nitrogens with zero attached hydrogens (tertiary/aromatic N) is 1. The molecule has 19 heavy (non-hydrogen) atoms. The van der Waals surface area contributed by atoms with Crippen molar-refractivity contribution in [3.05, 3.63) is 11.6 Å². The minimum Gasteiger partial charge on any atom is -0.465 e. The van der Waals surface area contributed by atoms with Gasteiger partial charge < -0.3 is 14.4 Å². The van der Waals surface area contributed by atoms with Crippen molar-refractivity contribution in [2.45, 2.75) is 38.8 Å². The van der Waals surface area contributed by atoms with E-state index in [4.69, 9.17) is 9.47 Å². The van der Waals surface area contributed by atoms with E-state index < -0.39 is 11.7 Å². The first-order chi connectivity index (χ1) is 8.81. The summed E-state index contributed by atoms with van der Waals surface area (Å²) in [6, 6.07) is 0. The molecule has 0 fully saturated rings. The maximum atomic E-state index is 11.7. The van der Waals surface area contributed by atoms with Gasteiger partial charge in [0.05, 0.1) is 6.61 Å². The van der Waals surface area contributed by atoms with Gasteiger partial charge in [-0.05, 0) is 33.1 Å². The lowest BCUT2D eigenvalue weighted by molar-refractivity contribution is -0.144. The van der Waals surface area contributed by atoms with Crippen LogP contribution in [0.5, 0.6) is 0 Å². The number of carbonyl (C=O) groups excluding carboxylic acids is 2. The smallest absolute Gasteiger partial charge is 0.409 e. The molecule has 108 valence electrons. The van der Waals surface area contributed by atoms with E-state index in [9.17, 15) is 9.59 Å². The fourth-order valence-corrected chi connectivity index (χ4v) is 2.20. The predicted molar refractivity (Wildman–Crippen MR) is 73.2 cm³/mol. The van der Waals surface area contributed by atoms with Crippen LogP contribution in [0.4, 0.5) is 4.79 Å². The standard InChI is InChI=1S/C12H20N2O4S/c1-5-17-9(15)8-14-6-7-19-10(14)13-11(16)18-12(2,3)4/h6-7,10H,5,8H2,1-4H3,(H,13,16). The van der Waals surface area contributed by atoms with E-state index in [1.807, 2.05) is 0 Å². The summed E-state index contributed by atoms with van der Waals surface area (Å²) in [6.07, 6.45) is 1.23. The SMILES string of the molecule is CCOC(=O)CN1C=CSC1NC(=O)OC(C)(C)C. The lowest BCUT2D eigenvalue weighted by Crippen LogP contribution is -2.45. The highest BCUT2D eigenvalue weighted by atomic mass is 32.2. The summed E-state index contributed by atoms with van der Waals surface area (Å²) < 4.78 is 10.0. The molecule has 1 unspecified atom stereocenters. The van der Waals surface area contributed by atoms with Gasteiger partial charge in [-0.15, -0.1) is 0 Å². The molecule has 0 radical (unpaired) electrons. The molecule has 1 aliphatic heterocycles. The van der Waals surface area contributed by atoms with Crippen molar-refractivity contribution in [2.75, 3.05) is 13.2 Å². The molecule has 0 bridgehead atoms. The van der Waals surface area contributed by atoms with Gasteiger partial charge in [-0.25, -0.2) is 4.79 Å². The first-order valence-electron chi connectivity index (χ1n) is 6.05. The molecule has 0 aromatic heterocycles. The molecule has 0 saturated carbocycles. The quantitative estimate of drug-likeness (QED) is 0.797. The highest BCUT2D eigenvalue weighted by Crippen LogP contribution is 2.23. The molecule has 1 heterocycles. The number of hydrogen-bond donors (Lipinski definition) is 1. The first kappa shape index (κ1) is 15.7. The van der Waals surface area contributed by atoms with Crippen LogP contribution in [0, 0.1) is 0 Å². The third-order valence-electron chi connectivity index (χ3n) is 2.02. The number of alkyl carbamates (subject to hydrolysis) is 1. The zero-order chi connectivity index (χ0) is 14.5. The largest absolute Gasteiger partial charge is 0.465 e. The first-order valence-corrected chi connectivity index (χ1v) is 6.99. The molecular weight excluding hydrogens is 268 g/mol. The van der Waals surface area contributed by atoms with Crippen molar-refractivity contribution in [3.63, 3.8) is 0 Å². The number of esters is 1. The Bertz CT molecular complexity index is 365. The van der Waals surface area contributed by atoms with Crippen molar-refractivity contribution < 1.29 is 19.1 Å². The average Bonchev–Trinajstić information content (AvgIpc) is 2.62. The molecule has 1 aliphatic rings. The Balaban J connectivity index is 2.45. The van der Waals surface area contributed by atoms with Crippen LogP contribution >= 0.6 is 11.8 Å². The number of rotatable bonds is 4. The van der Waals surface area contributed by atoms with Crippen LogP contribution in [0.15, 0.2) is 11.6 Å². The predicted octanol–water partition coefficient (Wildman–Crippen LogP) is 1.88. The van der Waals surface area contributed by atoms with Crippen LogP contribution in [-0.2, 0) is 14.3 Å². The Morgan fingerprint density at radius 2 is 2.11 bits per heavy atom. The fraction of sp³-hybridized carbons (Fsp3) is 0.667. The minimum absolute atomic E-state index is 0.0950. The van der Waals surface area contributed by atoms with Crippen LogP contribution in [0.1, 0.15) is 27.7 Å². The van der Waals surface area contributed by atoms with Gasteiger partial charge in [-0.2, -0.15) is 0 Å². The molecule has 0 saturated heterocycles. The minimum atomic E-state index is -0.549. The molecule has 0 aromatic carbocycles. The second kappa shape index (κ2) is 6.70. The van der Waals surface area contributed by atoms with E-state index in [0.29, 0.717) is 6.61 Å². The van der Waals surface area contributed by atoms with Crippen LogP contribution in [0.2, 0.25) is 0 Å². The van der Waals surface area contributed by atoms with Crippen LogP contribution in [-0.4, -0.2) is 41.2 Å². The van der Waals surface area contributed by atoms with Crippen molar-refractivity contribution in [1.82, 2.24) is 10.2 Å². The monoisotopic (exact) mass is 288 g/mol. The third kappa shape index (κ3) is 5.87.